The van der Waals surface area contributed by atoms with Gasteiger partial charge in [-0.1, -0.05) is 26.0 Å². The van der Waals surface area contributed by atoms with Crippen molar-refractivity contribution in [1.29, 1.82) is 0 Å². The number of alkyl carbamates (subject to hydrolysis) is 1. The normalized spacial score (nSPS) is 15.6. The Labute approximate surface area is 184 Å². The molecule has 31 heavy (non-hydrogen) atoms. The molecule has 2 rings (SSSR count). The molecule has 1 aliphatic rings. The molecule has 0 aromatic heterocycles. The number of primary amides is 1. The van der Waals surface area contributed by atoms with Crippen molar-refractivity contribution in [1.82, 2.24) is 15.1 Å². The average Bonchev–Trinajstić information content (AvgIpc) is 2.73. The molecular formula is C22H36N4O5. The number of hydrogen-bond acceptors (Lipinski definition) is 6. The van der Waals surface area contributed by atoms with E-state index in [-0.39, 0.29) is 12.5 Å². The average molecular weight is 437 g/mol. The summed E-state index contributed by atoms with van der Waals surface area (Å²) < 4.78 is 10.8. The Morgan fingerprint density at radius 1 is 1.23 bits per heavy atom. The van der Waals surface area contributed by atoms with E-state index in [1.807, 2.05) is 12.1 Å². The van der Waals surface area contributed by atoms with E-state index in [1.54, 1.807) is 11.8 Å². The minimum atomic E-state index is -0.631. The fourth-order valence-electron chi connectivity index (χ4n) is 3.51. The molecule has 0 spiro atoms. The third-order valence-corrected chi connectivity index (χ3v) is 5.24. The third kappa shape index (κ3) is 8.26. The molecule has 1 saturated heterocycles. The molecule has 1 aliphatic heterocycles. The fourth-order valence-corrected chi connectivity index (χ4v) is 3.51. The van der Waals surface area contributed by atoms with E-state index in [2.05, 4.69) is 30.1 Å². The van der Waals surface area contributed by atoms with Gasteiger partial charge in [-0.05, 0) is 36.5 Å². The van der Waals surface area contributed by atoms with E-state index in [9.17, 15) is 14.7 Å². The summed E-state index contributed by atoms with van der Waals surface area (Å²) in [4.78, 5) is 26.3. The van der Waals surface area contributed by atoms with Crippen LogP contribution in [0.25, 0.3) is 0 Å². The van der Waals surface area contributed by atoms with Gasteiger partial charge >= 0.3 is 12.1 Å². The van der Waals surface area contributed by atoms with E-state index in [0.717, 1.165) is 16.9 Å². The van der Waals surface area contributed by atoms with E-state index in [0.29, 0.717) is 52.3 Å². The number of piperazine rings is 1. The van der Waals surface area contributed by atoms with Crippen LogP contribution >= 0.6 is 0 Å². The van der Waals surface area contributed by atoms with Gasteiger partial charge in [0, 0.05) is 39.3 Å². The minimum Gasteiger partial charge on any atom is -0.491 e. The number of aliphatic hydroxyl groups excluding tert-OH is 1. The number of carbonyl (C=O) groups is 2. The Morgan fingerprint density at radius 2 is 1.94 bits per heavy atom. The number of rotatable bonds is 10. The highest BCUT2D eigenvalue weighted by Crippen LogP contribution is 2.28. The Hall–Kier alpha value is -2.52. The molecule has 0 bridgehead atoms. The SMILES string of the molecule is CCOC(=O)NCCc1ccc(OCC(O)CN2CCN(C(N)=O)CC2)c(C(C)C)c1. The summed E-state index contributed by atoms with van der Waals surface area (Å²) in [5.41, 5.74) is 7.47. The first-order chi connectivity index (χ1) is 14.8. The molecular weight excluding hydrogens is 400 g/mol. The maximum Gasteiger partial charge on any atom is 0.407 e. The second-order valence-electron chi connectivity index (χ2n) is 8.01. The summed E-state index contributed by atoms with van der Waals surface area (Å²) in [7, 11) is 0. The molecule has 0 radical (unpaired) electrons. The van der Waals surface area contributed by atoms with Crippen LogP contribution < -0.4 is 15.8 Å². The largest absolute Gasteiger partial charge is 0.491 e. The van der Waals surface area contributed by atoms with Crippen LogP contribution in [0, 0.1) is 0 Å². The highest BCUT2D eigenvalue weighted by molar-refractivity contribution is 5.72. The van der Waals surface area contributed by atoms with Crippen molar-refractivity contribution >= 4 is 12.1 Å². The standard InChI is InChI=1S/C22H36N4O5/c1-4-30-22(29)24-8-7-17-5-6-20(19(13-17)16(2)3)31-15-18(27)14-25-9-11-26(12-10-25)21(23)28/h5-6,13,16,18,27H,4,7-12,14-15H2,1-3H3,(H2,23,28)(H,24,29). The highest BCUT2D eigenvalue weighted by atomic mass is 16.5. The molecule has 9 heteroatoms. The number of β-amino-alcohol motifs (C(OH)–C–C–N with tert-alkyl or cyclic N) is 1. The Morgan fingerprint density at radius 3 is 2.55 bits per heavy atom. The number of benzene rings is 1. The lowest BCUT2D eigenvalue weighted by atomic mass is 9.98. The number of nitrogens with zero attached hydrogens (tertiary/aromatic N) is 2. The predicted molar refractivity (Wildman–Crippen MR) is 118 cm³/mol. The van der Waals surface area contributed by atoms with Crippen LogP contribution in [-0.2, 0) is 11.2 Å². The van der Waals surface area contributed by atoms with Gasteiger partial charge in [0.05, 0.1) is 6.61 Å². The van der Waals surface area contributed by atoms with Crippen molar-refractivity contribution < 1.29 is 24.2 Å². The molecule has 4 N–H and O–H groups in total. The topological polar surface area (TPSA) is 117 Å². The van der Waals surface area contributed by atoms with Gasteiger partial charge in [0.15, 0.2) is 0 Å². The van der Waals surface area contributed by atoms with Gasteiger partial charge in [-0.15, -0.1) is 0 Å². The van der Waals surface area contributed by atoms with Gasteiger partial charge in [0.25, 0.3) is 0 Å². The van der Waals surface area contributed by atoms with E-state index in [1.165, 1.54) is 0 Å². The van der Waals surface area contributed by atoms with Crippen LogP contribution in [0.5, 0.6) is 5.75 Å². The summed E-state index contributed by atoms with van der Waals surface area (Å²) in [6.07, 6.45) is -0.344. The van der Waals surface area contributed by atoms with E-state index < -0.39 is 18.2 Å². The first kappa shape index (κ1) is 24.7. The molecule has 3 amide bonds. The maximum atomic E-state index is 11.4. The van der Waals surface area contributed by atoms with Crippen molar-refractivity contribution in [2.75, 3.05) is 52.5 Å². The second-order valence-corrected chi connectivity index (χ2v) is 8.01. The molecule has 1 aromatic carbocycles. The quantitative estimate of drug-likeness (QED) is 0.512. The molecule has 1 atom stereocenters. The minimum absolute atomic E-state index is 0.194. The Bertz CT molecular complexity index is 720. The van der Waals surface area contributed by atoms with Crippen molar-refractivity contribution in [3.05, 3.63) is 29.3 Å². The van der Waals surface area contributed by atoms with Crippen LogP contribution in [-0.4, -0.2) is 85.6 Å². The van der Waals surface area contributed by atoms with Crippen LogP contribution in [0.3, 0.4) is 0 Å². The number of aliphatic hydroxyl groups is 1. The number of carbonyl (C=O) groups excluding carboxylic acids is 2. The number of urea groups is 1. The van der Waals surface area contributed by atoms with Crippen LogP contribution in [0.15, 0.2) is 18.2 Å². The zero-order valence-electron chi connectivity index (χ0n) is 18.8. The molecule has 1 fully saturated rings. The molecule has 1 aromatic rings. The first-order valence-electron chi connectivity index (χ1n) is 10.9. The van der Waals surface area contributed by atoms with Crippen molar-refractivity contribution in [2.24, 2.45) is 5.73 Å². The van der Waals surface area contributed by atoms with Crippen LogP contribution in [0.1, 0.15) is 37.8 Å². The molecule has 1 unspecified atom stereocenters. The molecule has 0 saturated carbocycles. The first-order valence-corrected chi connectivity index (χ1v) is 10.9. The monoisotopic (exact) mass is 436 g/mol. The second kappa shape index (κ2) is 12.4. The lowest BCUT2D eigenvalue weighted by molar-refractivity contribution is 0.0519. The number of hydrogen-bond donors (Lipinski definition) is 3. The van der Waals surface area contributed by atoms with Gasteiger partial charge in [0.2, 0.25) is 0 Å². The predicted octanol–water partition coefficient (Wildman–Crippen LogP) is 1.53. The summed E-state index contributed by atoms with van der Waals surface area (Å²) in [5.74, 6) is 1.02. The number of ether oxygens (including phenoxy) is 2. The number of nitrogens with one attached hydrogen (secondary N) is 1. The fraction of sp³-hybridized carbons (Fsp3) is 0.636. The zero-order chi connectivity index (χ0) is 22.8. The van der Waals surface area contributed by atoms with Gasteiger partial charge in [-0.3, -0.25) is 4.90 Å². The maximum absolute atomic E-state index is 11.4. The van der Waals surface area contributed by atoms with Crippen molar-refractivity contribution in [3.63, 3.8) is 0 Å². The van der Waals surface area contributed by atoms with Crippen LogP contribution in [0.2, 0.25) is 0 Å². The Balaban J connectivity index is 1.83. The smallest absolute Gasteiger partial charge is 0.407 e. The van der Waals surface area contributed by atoms with Crippen molar-refractivity contribution in [3.8, 4) is 5.75 Å². The summed E-state index contributed by atoms with van der Waals surface area (Å²) in [6, 6.07) is 5.59. The third-order valence-electron chi connectivity index (χ3n) is 5.24. The van der Waals surface area contributed by atoms with E-state index in [4.69, 9.17) is 15.2 Å². The van der Waals surface area contributed by atoms with E-state index >= 15 is 0 Å². The summed E-state index contributed by atoms with van der Waals surface area (Å²) in [6.45, 7) is 10.0. The summed E-state index contributed by atoms with van der Waals surface area (Å²) >= 11 is 0. The Kier molecular flexibility index (Phi) is 9.87. The van der Waals surface area contributed by atoms with Gasteiger partial charge < -0.3 is 30.5 Å². The van der Waals surface area contributed by atoms with Gasteiger partial charge in [-0.2, -0.15) is 0 Å². The highest BCUT2D eigenvalue weighted by Gasteiger charge is 2.21. The molecule has 174 valence electrons. The molecule has 1 heterocycles. The summed E-state index contributed by atoms with van der Waals surface area (Å²) in [5, 5.41) is 13.1. The zero-order valence-corrected chi connectivity index (χ0v) is 18.8. The number of amides is 3. The molecule has 9 nitrogen and oxygen atoms in total. The molecule has 0 aliphatic carbocycles. The number of nitrogens with two attached hydrogens (primary N) is 1. The lowest BCUT2D eigenvalue weighted by Crippen LogP contribution is -2.52. The van der Waals surface area contributed by atoms with Crippen LogP contribution in [0.4, 0.5) is 9.59 Å². The van der Waals surface area contributed by atoms with Gasteiger partial charge in [-0.25, -0.2) is 9.59 Å². The van der Waals surface area contributed by atoms with Gasteiger partial charge in [0.1, 0.15) is 18.5 Å². The lowest BCUT2D eigenvalue weighted by Gasteiger charge is -2.34. The van der Waals surface area contributed by atoms with Crippen molar-refractivity contribution in [2.45, 2.75) is 39.2 Å².